The third kappa shape index (κ3) is 9.44. The lowest BCUT2D eigenvalue weighted by molar-refractivity contribution is -0.127. The highest BCUT2D eigenvalue weighted by Crippen LogP contribution is 2.42. The summed E-state index contributed by atoms with van der Waals surface area (Å²) in [5.41, 5.74) is 13.6. The highest BCUT2D eigenvalue weighted by Gasteiger charge is 2.35. The Hall–Kier alpha value is -7.06. The van der Waals surface area contributed by atoms with Gasteiger partial charge in [-0.2, -0.15) is 0 Å². The van der Waals surface area contributed by atoms with Crippen LogP contribution in [0.3, 0.4) is 0 Å². The number of hydrogen-bond acceptors (Lipinski definition) is 11. The fourth-order valence-corrected chi connectivity index (χ4v) is 8.27. The van der Waals surface area contributed by atoms with Crippen LogP contribution in [0.4, 0.5) is 17.1 Å². The van der Waals surface area contributed by atoms with Gasteiger partial charge in [-0.25, -0.2) is 0 Å². The van der Waals surface area contributed by atoms with Crippen molar-refractivity contribution in [3.8, 4) is 23.0 Å². The van der Waals surface area contributed by atoms with E-state index in [1.165, 1.54) is 19.8 Å². The fourth-order valence-electron chi connectivity index (χ4n) is 8.27. The third-order valence-corrected chi connectivity index (χ3v) is 12.2. The van der Waals surface area contributed by atoms with Crippen LogP contribution in [0.15, 0.2) is 95.2 Å². The van der Waals surface area contributed by atoms with Crippen LogP contribution in [0, 0.1) is 18.8 Å². The van der Waals surface area contributed by atoms with Crippen molar-refractivity contribution in [3.63, 3.8) is 0 Å². The van der Waals surface area contributed by atoms with Gasteiger partial charge in [-0.15, -0.1) is 0 Å². The molecule has 4 aromatic carbocycles. The molecule has 14 heteroatoms. The molecule has 4 atom stereocenters. The minimum absolute atomic E-state index is 0.00423. The second-order valence-corrected chi connectivity index (χ2v) is 17.2. The number of carbonyl (C=O) groups excluding carboxylic acids is 4. The predicted molar refractivity (Wildman–Crippen MR) is 251 cm³/mol. The van der Waals surface area contributed by atoms with E-state index in [0.29, 0.717) is 70.4 Å². The standard InChI is InChI=1S/C51H54N6O8/c1-29(2)48(52)43(58)18-31(4)49(59)55-36-14-12-33(13-15-36)35-20-38-26-54-42-24-47(45(63-6)22-40(42)51(61)57(38)28-35)65-17-7-16-64-46-23-41-39(21-44(46)62-5)50(60)56-27-34(19-37(56)25-53-41)32-10-8-30(3)9-11-32/h8-15,21-29,31,37-38,48H,7,16-20,52H2,1-6H3,(H,55,59)/t31-,37+,38+,48+/m1/s1. The minimum atomic E-state index is -0.594. The number of benzene rings is 4. The smallest absolute Gasteiger partial charge is 0.260 e. The fraction of sp³-hybridized carbons (Fsp3) is 0.333. The van der Waals surface area contributed by atoms with Gasteiger partial charge in [0.15, 0.2) is 28.8 Å². The lowest BCUT2D eigenvalue weighted by atomic mass is 9.93. The Kier molecular flexibility index (Phi) is 13.0. The molecule has 0 unspecified atom stereocenters. The van der Waals surface area contributed by atoms with Gasteiger partial charge in [-0.3, -0.25) is 29.2 Å². The Morgan fingerprint density at radius 2 is 1.20 bits per heavy atom. The number of methoxy groups -OCH3 is 2. The molecule has 0 bridgehead atoms. The first kappa shape index (κ1) is 44.5. The second kappa shape index (κ2) is 19.0. The molecule has 8 rings (SSSR count). The number of ether oxygens (including phenoxy) is 4. The third-order valence-electron chi connectivity index (χ3n) is 12.2. The van der Waals surface area contributed by atoms with Gasteiger partial charge in [0.05, 0.1) is 68.1 Å². The van der Waals surface area contributed by atoms with Crippen LogP contribution in [-0.4, -0.2) is 91.3 Å². The van der Waals surface area contributed by atoms with Crippen molar-refractivity contribution in [3.05, 3.63) is 113 Å². The van der Waals surface area contributed by atoms with Crippen LogP contribution in [0.25, 0.3) is 11.1 Å². The molecule has 0 fully saturated rings. The first-order valence-electron chi connectivity index (χ1n) is 21.9. The topological polar surface area (TPSA) is 174 Å². The minimum Gasteiger partial charge on any atom is -0.493 e. The maximum atomic E-state index is 14.0. The molecule has 4 heterocycles. The monoisotopic (exact) mass is 878 g/mol. The SMILES string of the molecule is COc1cc2c(cc1OCCCOc1cc3c(cc1OC)C(=O)N1C=C(c4ccc(NC(=O)[C@H](C)CC(=O)[C@@H](N)C(C)C)cc4)C[C@H]1C=N3)N=C[C@@H]1CC(c3ccc(C)cc3)=CN1C2=O. The highest BCUT2D eigenvalue weighted by molar-refractivity contribution is 6.06. The zero-order chi connectivity index (χ0) is 45.9. The number of aryl methyl sites for hydroxylation is 1. The van der Waals surface area contributed by atoms with Gasteiger partial charge >= 0.3 is 0 Å². The quantitative estimate of drug-likeness (QED) is 0.105. The Morgan fingerprint density at radius 3 is 1.66 bits per heavy atom. The summed E-state index contributed by atoms with van der Waals surface area (Å²) in [6, 6.07) is 21.4. The number of carbonyl (C=O) groups is 4. The summed E-state index contributed by atoms with van der Waals surface area (Å²) in [6.45, 7) is 8.09. The number of aliphatic imine (C=N–C) groups is 2. The molecule has 0 saturated heterocycles. The van der Waals surface area contributed by atoms with Gasteiger partial charge < -0.3 is 39.8 Å². The van der Waals surface area contributed by atoms with E-state index in [1.54, 1.807) is 47.2 Å². The maximum absolute atomic E-state index is 14.0. The van der Waals surface area contributed by atoms with Gasteiger partial charge in [0, 0.05) is 74.3 Å². The molecule has 0 saturated carbocycles. The highest BCUT2D eigenvalue weighted by atomic mass is 16.5. The van der Waals surface area contributed by atoms with E-state index in [9.17, 15) is 19.2 Å². The normalized spacial score (nSPS) is 18.1. The van der Waals surface area contributed by atoms with E-state index >= 15 is 0 Å². The van der Waals surface area contributed by atoms with Gasteiger partial charge in [0.25, 0.3) is 11.8 Å². The molecule has 4 aliphatic heterocycles. The number of Topliss-reactive ketones (excluding diaryl/α,β-unsaturated/α-hetero) is 1. The molecular formula is C51H54N6O8. The summed E-state index contributed by atoms with van der Waals surface area (Å²) in [4.78, 5) is 65.9. The van der Waals surface area contributed by atoms with E-state index < -0.39 is 12.0 Å². The van der Waals surface area contributed by atoms with Crippen molar-refractivity contribution in [2.24, 2.45) is 27.6 Å². The zero-order valence-electron chi connectivity index (χ0n) is 37.5. The van der Waals surface area contributed by atoms with Crippen LogP contribution in [-0.2, 0) is 9.59 Å². The molecule has 3 N–H and O–H groups in total. The average molecular weight is 879 g/mol. The van der Waals surface area contributed by atoms with Gasteiger partial charge in [0.1, 0.15) is 0 Å². The molecule has 0 radical (unpaired) electrons. The summed E-state index contributed by atoms with van der Waals surface area (Å²) in [6.07, 6.45) is 9.15. The van der Waals surface area contributed by atoms with E-state index in [0.717, 1.165) is 22.3 Å². The van der Waals surface area contributed by atoms with Crippen LogP contribution in [0.1, 0.15) is 83.9 Å². The lowest BCUT2D eigenvalue weighted by Crippen LogP contribution is -2.37. The Labute approximate surface area is 378 Å². The number of amides is 3. The number of rotatable bonds is 16. The van der Waals surface area contributed by atoms with Crippen molar-refractivity contribution in [1.29, 1.82) is 0 Å². The van der Waals surface area contributed by atoms with Crippen molar-refractivity contribution in [2.45, 2.75) is 71.5 Å². The first-order chi connectivity index (χ1) is 31.3. The number of fused-ring (bicyclic) bond motifs is 4. The van der Waals surface area contributed by atoms with Gasteiger partial charge in [-0.05, 0) is 59.4 Å². The number of nitrogens with one attached hydrogen (secondary N) is 1. The Bertz CT molecular complexity index is 2630. The van der Waals surface area contributed by atoms with Crippen molar-refractivity contribution in [1.82, 2.24) is 9.80 Å². The molecule has 0 aromatic heterocycles. The number of anilines is 1. The van der Waals surface area contributed by atoms with Gasteiger partial charge in [0.2, 0.25) is 5.91 Å². The van der Waals surface area contributed by atoms with Crippen molar-refractivity contribution >= 4 is 64.1 Å². The predicted octanol–water partition coefficient (Wildman–Crippen LogP) is 8.32. The number of hydrogen-bond donors (Lipinski definition) is 2. The number of nitrogens with two attached hydrogens (primary N) is 1. The summed E-state index contributed by atoms with van der Waals surface area (Å²) >= 11 is 0. The summed E-state index contributed by atoms with van der Waals surface area (Å²) in [5.74, 6) is 0.451. The molecule has 0 aliphatic carbocycles. The molecule has 14 nitrogen and oxygen atoms in total. The molecule has 3 amide bonds. The maximum Gasteiger partial charge on any atom is 0.260 e. The summed E-state index contributed by atoms with van der Waals surface area (Å²) < 4.78 is 23.6. The van der Waals surface area contributed by atoms with Crippen LogP contribution >= 0.6 is 0 Å². The zero-order valence-corrected chi connectivity index (χ0v) is 37.5. The molecule has 4 aliphatic rings. The van der Waals surface area contributed by atoms with Crippen molar-refractivity contribution in [2.75, 3.05) is 32.8 Å². The van der Waals surface area contributed by atoms with E-state index in [1.807, 2.05) is 56.7 Å². The van der Waals surface area contributed by atoms with Crippen LogP contribution in [0.5, 0.6) is 23.0 Å². The van der Waals surface area contributed by atoms with E-state index in [4.69, 9.17) is 34.7 Å². The largest absolute Gasteiger partial charge is 0.493 e. The Morgan fingerprint density at radius 1 is 0.723 bits per heavy atom. The van der Waals surface area contributed by atoms with E-state index in [2.05, 4.69) is 36.5 Å². The van der Waals surface area contributed by atoms with Crippen LogP contribution < -0.4 is 30.0 Å². The van der Waals surface area contributed by atoms with E-state index in [-0.39, 0.29) is 61.1 Å². The van der Waals surface area contributed by atoms with Crippen molar-refractivity contribution < 1.29 is 38.1 Å². The second-order valence-electron chi connectivity index (χ2n) is 17.2. The summed E-state index contributed by atoms with van der Waals surface area (Å²) in [5, 5.41) is 2.89. The number of nitrogens with zero attached hydrogens (tertiary/aromatic N) is 4. The Balaban J connectivity index is 0.864. The van der Waals surface area contributed by atoms with Gasteiger partial charge in [-0.1, -0.05) is 62.7 Å². The molecule has 336 valence electrons. The lowest BCUT2D eigenvalue weighted by Gasteiger charge is -2.19. The molecule has 65 heavy (non-hydrogen) atoms. The molecule has 0 spiro atoms. The molecular weight excluding hydrogens is 825 g/mol. The number of ketones is 1. The first-order valence-corrected chi connectivity index (χ1v) is 21.9. The van der Waals surface area contributed by atoms with Crippen LogP contribution in [0.2, 0.25) is 0 Å². The summed E-state index contributed by atoms with van der Waals surface area (Å²) in [7, 11) is 3.06. The average Bonchev–Trinajstić information content (AvgIpc) is 3.88. The molecule has 4 aromatic rings.